The van der Waals surface area contributed by atoms with E-state index in [9.17, 15) is 18.0 Å². The Balaban J connectivity index is 2.41. The number of nitrogens with zero attached hydrogens (tertiary/aromatic N) is 2. The predicted octanol–water partition coefficient (Wildman–Crippen LogP) is 0.969. The van der Waals surface area contributed by atoms with Gasteiger partial charge in [0.2, 0.25) is 0 Å². The summed E-state index contributed by atoms with van der Waals surface area (Å²) in [5, 5.41) is 0. The number of hydrogen-bond donors (Lipinski definition) is 0. The van der Waals surface area contributed by atoms with Crippen LogP contribution in [0, 0.1) is 0 Å². The number of amides is 1. The third kappa shape index (κ3) is 1.67. The molecule has 0 spiro atoms. The molecule has 2 heterocycles. The van der Waals surface area contributed by atoms with Crippen molar-refractivity contribution in [2.24, 2.45) is 0 Å². The summed E-state index contributed by atoms with van der Waals surface area (Å²) in [6, 6.07) is 2.29. The van der Waals surface area contributed by atoms with E-state index in [0.717, 1.165) is 12.3 Å². The molecule has 6 heteroatoms. The van der Waals surface area contributed by atoms with E-state index in [4.69, 9.17) is 0 Å². The number of carbonyl (C=O) groups is 1. The zero-order valence-electron chi connectivity index (χ0n) is 7.66. The third-order valence-electron chi connectivity index (χ3n) is 2.33. The second kappa shape index (κ2) is 3.22. The highest BCUT2D eigenvalue weighted by molar-refractivity contribution is 5.71. The van der Waals surface area contributed by atoms with Crippen LogP contribution in [0.4, 0.5) is 19.0 Å². The number of halogens is 3. The first kappa shape index (κ1) is 9.95. The van der Waals surface area contributed by atoms with Gasteiger partial charge in [0.05, 0.1) is 5.56 Å². The van der Waals surface area contributed by atoms with Crippen molar-refractivity contribution in [3.63, 3.8) is 0 Å². The summed E-state index contributed by atoms with van der Waals surface area (Å²) in [5.41, 5.74) is -0.695. The van der Waals surface area contributed by atoms with Gasteiger partial charge in [-0.3, -0.25) is 4.79 Å². The van der Waals surface area contributed by atoms with Gasteiger partial charge in [-0.2, -0.15) is 18.1 Å². The molecule has 0 saturated carbocycles. The quantitative estimate of drug-likeness (QED) is 0.508. The van der Waals surface area contributed by atoms with Crippen LogP contribution in [0.3, 0.4) is 0 Å². The fraction of sp³-hybridized carbons (Fsp3) is 0.333. The Bertz CT molecular complexity index is 403. The van der Waals surface area contributed by atoms with Gasteiger partial charge in [0.15, 0.2) is 0 Å². The molecule has 1 aliphatic heterocycles. The molecule has 2 rings (SSSR count). The number of aromatic nitrogens is 1. The van der Waals surface area contributed by atoms with E-state index in [2.05, 4.69) is 0 Å². The monoisotopic (exact) mass is 217 g/mol. The molecule has 0 unspecified atom stereocenters. The van der Waals surface area contributed by atoms with Crippen molar-refractivity contribution in [2.75, 3.05) is 11.4 Å². The Hall–Kier alpha value is -1.59. The van der Waals surface area contributed by atoms with Crippen molar-refractivity contribution >= 4 is 12.2 Å². The number of anilines is 1. The van der Waals surface area contributed by atoms with Crippen LogP contribution < -0.4 is 9.47 Å². The highest BCUT2D eigenvalue weighted by atomic mass is 19.4. The molecule has 1 aliphatic rings. The van der Waals surface area contributed by atoms with Crippen LogP contribution in [0.2, 0.25) is 0 Å². The van der Waals surface area contributed by atoms with Gasteiger partial charge in [-0.15, -0.1) is 0 Å². The van der Waals surface area contributed by atoms with Gasteiger partial charge in [0, 0.05) is 6.07 Å². The van der Waals surface area contributed by atoms with E-state index in [1.165, 1.54) is 15.5 Å². The normalized spacial score (nSPS) is 15.3. The minimum Gasteiger partial charge on any atom is -0.251 e. The molecule has 0 fully saturated rings. The maximum atomic E-state index is 12.3. The number of pyridine rings is 1. The highest BCUT2D eigenvalue weighted by Crippen LogP contribution is 2.29. The van der Waals surface area contributed by atoms with Crippen LogP contribution in [-0.4, -0.2) is 13.0 Å². The standard InChI is InChI=1S/C9H8F3N2O/c10-9(11,12)7-1-2-8-13(5-7)3-4-14(8)6-15/h1-2,5-6H,3-4H2/q+1. The summed E-state index contributed by atoms with van der Waals surface area (Å²) in [6.45, 7) is 0.822. The highest BCUT2D eigenvalue weighted by Gasteiger charge is 2.35. The molecule has 0 atom stereocenters. The first-order chi connectivity index (χ1) is 7.02. The van der Waals surface area contributed by atoms with Crippen LogP contribution in [-0.2, 0) is 17.5 Å². The molecule has 0 aliphatic carbocycles. The van der Waals surface area contributed by atoms with E-state index >= 15 is 0 Å². The van der Waals surface area contributed by atoms with Crippen LogP contribution in [0.25, 0.3) is 0 Å². The number of rotatable bonds is 1. The number of hydrogen-bond acceptors (Lipinski definition) is 1. The fourth-order valence-corrected chi connectivity index (χ4v) is 1.58. The Morgan fingerprint density at radius 3 is 2.73 bits per heavy atom. The first-order valence-corrected chi connectivity index (χ1v) is 4.35. The molecule has 1 aromatic heterocycles. The van der Waals surface area contributed by atoms with Gasteiger partial charge in [-0.05, 0) is 6.07 Å². The lowest BCUT2D eigenvalue weighted by Gasteiger charge is -2.06. The average Bonchev–Trinajstić information content (AvgIpc) is 2.58. The minimum absolute atomic E-state index is 0.401. The third-order valence-corrected chi connectivity index (χ3v) is 2.33. The summed E-state index contributed by atoms with van der Waals surface area (Å²) in [7, 11) is 0. The maximum Gasteiger partial charge on any atom is 0.419 e. The number of alkyl halides is 3. The first-order valence-electron chi connectivity index (χ1n) is 4.35. The van der Waals surface area contributed by atoms with Crippen molar-refractivity contribution in [3.8, 4) is 0 Å². The van der Waals surface area contributed by atoms with E-state index in [1.54, 1.807) is 0 Å². The SMILES string of the molecule is O=CN1CC[n+]2cc(C(F)(F)F)ccc21. The van der Waals surface area contributed by atoms with Crippen molar-refractivity contribution < 1.29 is 22.5 Å². The van der Waals surface area contributed by atoms with Gasteiger partial charge < -0.3 is 0 Å². The molecule has 1 amide bonds. The van der Waals surface area contributed by atoms with Crippen LogP contribution in [0.15, 0.2) is 18.3 Å². The van der Waals surface area contributed by atoms with Gasteiger partial charge in [-0.25, -0.2) is 4.57 Å². The maximum absolute atomic E-state index is 12.3. The largest absolute Gasteiger partial charge is 0.419 e. The molecule has 3 nitrogen and oxygen atoms in total. The Labute approximate surface area is 83.7 Å². The predicted molar refractivity (Wildman–Crippen MR) is 45.0 cm³/mol. The molecule has 0 N–H and O–H groups in total. The smallest absolute Gasteiger partial charge is 0.251 e. The molecule has 1 aromatic rings. The van der Waals surface area contributed by atoms with E-state index in [1.807, 2.05) is 0 Å². The summed E-state index contributed by atoms with van der Waals surface area (Å²) in [6.07, 6.45) is -2.69. The zero-order chi connectivity index (χ0) is 11.1. The molecular weight excluding hydrogens is 209 g/mol. The van der Waals surface area contributed by atoms with Gasteiger partial charge in [-0.1, -0.05) is 0 Å². The molecule has 0 aromatic carbocycles. The van der Waals surface area contributed by atoms with Crippen molar-refractivity contribution in [1.82, 2.24) is 0 Å². The van der Waals surface area contributed by atoms with Crippen LogP contribution >= 0.6 is 0 Å². The average molecular weight is 217 g/mol. The minimum atomic E-state index is -4.34. The molecule has 80 valence electrons. The lowest BCUT2D eigenvalue weighted by atomic mass is 10.2. The Morgan fingerprint density at radius 2 is 2.13 bits per heavy atom. The summed E-state index contributed by atoms with van der Waals surface area (Å²) in [4.78, 5) is 11.9. The van der Waals surface area contributed by atoms with Crippen LogP contribution in [0.5, 0.6) is 0 Å². The molecule has 15 heavy (non-hydrogen) atoms. The fourth-order valence-electron chi connectivity index (χ4n) is 1.58. The summed E-state index contributed by atoms with van der Waals surface area (Å²) < 4.78 is 38.4. The number of fused-ring (bicyclic) bond motifs is 1. The van der Waals surface area contributed by atoms with E-state index in [-0.39, 0.29) is 0 Å². The van der Waals surface area contributed by atoms with Crippen LogP contribution in [0.1, 0.15) is 5.56 Å². The lowest BCUT2D eigenvalue weighted by Crippen LogP contribution is -2.32. The van der Waals surface area contributed by atoms with Gasteiger partial charge in [0.25, 0.3) is 12.2 Å². The van der Waals surface area contributed by atoms with E-state index < -0.39 is 11.7 Å². The number of carbonyl (C=O) groups excluding carboxylic acids is 1. The van der Waals surface area contributed by atoms with Crippen molar-refractivity contribution in [3.05, 3.63) is 23.9 Å². The van der Waals surface area contributed by atoms with Crippen molar-refractivity contribution in [2.45, 2.75) is 12.7 Å². The Morgan fingerprint density at radius 1 is 1.40 bits per heavy atom. The van der Waals surface area contributed by atoms with Gasteiger partial charge in [0.1, 0.15) is 19.3 Å². The second-order valence-electron chi connectivity index (χ2n) is 3.27. The van der Waals surface area contributed by atoms with E-state index in [0.29, 0.717) is 25.3 Å². The molecule has 0 radical (unpaired) electrons. The molecule has 0 bridgehead atoms. The van der Waals surface area contributed by atoms with Gasteiger partial charge >= 0.3 is 6.18 Å². The summed E-state index contributed by atoms with van der Waals surface area (Å²) >= 11 is 0. The summed E-state index contributed by atoms with van der Waals surface area (Å²) in [5.74, 6) is 0.498. The molecular formula is C9H8F3N2O+. The topological polar surface area (TPSA) is 24.2 Å². The second-order valence-corrected chi connectivity index (χ2v) is 3.27. The molecule has 0 saturated heterocycles. The zero-order valence-corrected chi connectivity index (χ0v) is 7.66. The Kier molecular flexibility index (Phi) is 2.13. The van der Waals surface area contributed by atoms with Crippen molar-refractivity contribution in [1.29, 1.82) is 0 Å². The lowest BCUT2D eigenvalue weighted by molar-refractivity contribution is -0.671.